The third kappa shape index (κ3) is 6.28. The highest BCUT2D eigenvalue weighted by Crippen LogP contribution is 1.93. The van der Waals surface area contributed by atoms with E-state index in [9.17, 15) is 0 Å². The molecule has 0 aliphatic rings. The van der Waals surface area contributed by atoms with E-state index in [1.807, 2.05) is 0 Å². The molecule has 0 radical (unpaired) electrons. The molecule has 0 aliphatic heterocycles. The Morgan fingerprint density at radius 2 is 1.78 bits per heavy atom. The van der Waals surface area contributed by atoms with Crippen molar-refractivity contribution in [2.75, 3.05) is 34.5 Å². The van der Waals surface area contributed by atoms with E-state index in [1.165, 1.54) is 0 Å². The van der Waals surface area contributed by atoms with Crippen LogP contribution < -0.4 is 17.0 Å². The van der Waals surface area contributed by atoms with Crippen molar-refractivity contribution in [3.63, 3.8) is 0 Å². The van der Waals surface area contributed by atoms with Crippen LogP contribution in [0.5, 0.6) is 0 Å². The third-order valence-electron chi connectivity index (χ3n) is 1.33. The van der Waals surface area contributed by atoms with Gasteiger partial charge in [0.15, 0.2) is 6.73 Å². The number of hydrogen-bond donors (Lipinski definition) is 0. The Hall–Kier alpha value is 0.400. The first-order valence-corrected chi connectivity index (χ1v) is 2.93. The Morgan fingerprint density at radius 3 is 1.89 bits per heavy atom. The zero-order chi connectivity index (χ0) is 6.62. The van der Waals surface area contributed by atoms with Crippen LogP contribution in [0.2, 0.25) is 0 Å². The van der Waals surface area contributed by atoms with Crippen LogP contribution in [0.4, 0.5) is 0 Å². The number of quaternary nitrogens is 1. The van der Waals surface area contributed by atoms with Gasteiger partial charge in [-0.2, -0.15) is 0 Å². The van der Waals surface area contributed by atoms with Gasteiger partial charge in [0, 0.05) is 7.11 Å². The maximum absolute atomic E-state index is 4.97. The van der Waals surface area contributed by atoms with Crippen LogP contribution in [-0.4, -0.2) is 39.0 Å². The molecule has 3 heteroatoms. The fourth-order valence-corrected chi connectivity index (χ4v) is 0.441. The van der Waals surface area contributed by atoms with E-state index < -0.39 is 0 Å². The monoisotopic (exact) mass is 197 g/mol. The van der Waals surface area contributed by atoms with Crippen LogP contribution >= 0.6 is 0 Å². The number of rotatable bonds is 3. The minimum atomic E-state index is 0. The largest absolute Gasteiger partial charge is 1.00 e. The molecule has 0 atom stereocenters. The lowest BCUT2D eigenvalue weighted by molar-refractivity contribution is -0.907. The Labute approximate surface area is 68.2 Å². The lowest BCUT2D eigenvalue weighted by Crippen LogP contribution is -3.00. The molecule has 0 rings (SSSR count). The molecule has 0 spiro atoms. The SMILES string of the molecule is CC[N+](C)(C)COC.[Br-]. The Bertz CT molecular complexity index is 66.1. The second-order valence-corrected chi connectivity index (χ2v) is 2.67. The first kappa shape index (κ1) is 12.1. The summed E-state index contributed by atoms with van der Waals surface area (Å²) in [5.41, 5.74) is 0. The third-order valence-corrected chi connectivity index (χ3v) is 1.33. The fraction of sp³-hybridized carbons (Fsp3) is 1.00. The van der Waals surface area contributed by atoms with Crippen molar-refractivity contribution in [3.8, 4) is 0 Å². The Balaban J connectivity index is 0. The van der Waals surface area contributed by atoms with E-state index >= 15 is 0 Å². The normalized spacial score (nSPS) is 10.7. The lowest BCUT2D eigenvalue weighted by atomic mass is 10.6. The maximum atomic E-state index is 4.97. The molecule has 0 aromatic carbocycles. The smallest absolute Gasteiger partial charge is 0.182 e. The molecule has 58 valence electrons. The van der Waals surface area contributed by atoms with Crippen LogP contribution in [0.3, 0.4) is 0 Å². The van der Waals surface area contributed by atoms with Gasteiger partial charge in [-0.05, 0) is 6.92 Å². The van der Waals surface area contributed by atoms with Gasteiger partial charge in [0.1, 0.15) is 0 Å². The van der Waals surface area contributed by atoms with Gasteiger partial charge in [0.2, 0.25) is 0 Å². The highest BCUT2D eigenvalue weighted by Gasteiger charge is 2.08. The van der Waals surface area contributed by atoms with Gasteiger partial charge in [-0.15, -0.1) is 0 Å². The fourth-order valence-electron chi connectivity index (χ4n) is 0.441. The summed E-state index contributed by atoms with van der Waals surface area (Å²) in [7, 11) is 6.02. The molecular formula is C6H16BrNO. The number of ether oxygens (including phenoxy) is 1. The van der Waals surface area contributed by atoms with Gasteiger partial charge in [0.25, 0.3) is 0 Å². The molecule has 0 amide bonds. The first-order valence-electron chi connectivity index (χ1n) is 2.93. The molecule has 0 fully saturated rings. The molecule has 0 N–H and O–H groups in total. The summed E-state index contributed by atoms with van der Waals surface area (Å²) < 4.78 is 5.91. The summed E-state index contributed by atoms with van der Waals surface area (Å²) in [6.07, 6.45) is 0. The molecule has 0 saturated carbocycles. The van der Waals surface area contributed by atoms with Crippen molar-refractivity contribution >= 4 is 0 Å². The molecule has 9 heavy (non-hydrogen) atoms. The van der Waals surface area contributed by atoms with E-state index in [0.717, 1.165) is 17.8 Å². The van der Waals surface area contributed by atoms with Gasteiger partial charge in [-0.3, -0.25) is 0 Å². The van der Waals surface area contributed by atoms with Gasteiger partial charge >= 0.3 is 0 Å². The van der Waals surface area contributed by atoms with Crippen molar-refractivity contribution in [1.82, 2.24) is 0 Å². The quantitative estimate of drug-likeness (QED) is 0.366. The summed E-state index contributed by atoms with van der Waals surface area (Å²) in [5, 5.41) is 0. The van der Waals surface area contributed by atoms with E-state index in [-0.39, 0.29) is 17.0 Å². The number of halogens is 1. The van der Waals surface area contributed by atoms with Gasteiger partial charge in [0.05, 0.1) is 20.6 Å². The summed E-state index contributed by atoms with van der Waals surface area (Å²) in [6.45, 7) is 4.07. The molecule has 0 saturated heterocycles. The van der Waals surface area contributed by atoms with E-state index in [4.69, 9.17) is 4.74 Å². The number of nitrogens with zero attached hydrogens (tertiary/aromatic N) is 1. The number of hydrogen-bond acceptors (Lipinski definition) is 1. The molecule has 0 aromatic rings. The van der Waals surface area contributed by atoms with Crippen LogP contribution in [-0.2, 0) is 4.74 Å². The molecule has 0 aromatic heterocycles. The Kier molecular flexibility index (Phi) is 7.01. The van der Waals surface area contributed by atoms with E-state index in [2.05, 4.69) is 21.0 Å². The van der Waals surface area contributed by atoms with Crippen molar-refractivity contribution in [2.45, 2.75) is 6.92 Å². The van der Waals surface area contributed by atoms with Gasteiger partial charge in [-0.25, -0.2) is 0 Å². The second-order valence-electron chi connectivity index (χ2n) is 2.67. The zero-order valence-electron chi connectivity index (χ0n) is 6.65. The van der Waals surface area contributed by atoms with Crippen LogP contribution in [0.1, 0.15) is 6.92 Å². The molecule has 0 unspecified atom stereocenters. The average Bonchev–Trinajstić information content (AvgIpc) is 1.67. The van der Waals surface area contributed by atoms with E-state index in [0.29, 0.717) is 0 Å². The molecule has 0 heterocycles. The standard InChI is InChI=1S/C6H16NO.BrH/c1-5-7(2,3)6-8-4;/h5-6H2,1-4H3;1H/q+1;/p-1. The van der Waals surface area contributed by atoms with Gasteiger partial charge in [-0.1, -0.05) is 0 Å². The summed E-state index contributed by atoms with van der Waals surface area (Å²) in [6, 6.07) is 0. The van der Waals surface area contributed by atoms with Crippen LogP contribution in [0.25, 0.3) is 0 Å². The van der Waals surface area contributed by atoms with Gasteiger partial charge < -0.3 is 26.2 Å². The summed E-state index contributed by atoms with van der Waals surface area (Å²) in [4.78, 5) is 0. The highest BCUT2D eigenvalue weighted by atomic mass is 79.9. The topological polar surface area (TPSA) is 9.23 Å². The van der Waals surface area contributed by atoms with Crippen molar-refractivity contribution in [1.29, 1.82) is 0 Å². The molecule has 2 nitrogen and oxygen atoms in total. The van der Waals surface area contributed by atoms with Crippen molar-refractivity contribution in [2.24, 2.45) is 0 Å². The van der Waals surface area contributed by atoms with Crippen molar-refractivity contribution < 1.29 is 26.2 Å². The molecular weight excluding hydrogens is 182 g/mol. The number of methoxy groups -OCH3 is 1. The average molecular weight is 198 g/mol. The Morgan fingerprint density at radius 1 is 1.33 bits per heavy atom. The van der Waals surface area contributed by atoms with Crippen LogP contribution in [0.15, 0.2) is 0 Å². The zero-order valence-corrected chi connectivity index (χ0v) is 8.23. The molecule has 0 aliphatic carbocycles. The lowest BCUT2D eigenvalue weighted by Gasteiger charge is -2.26. The van der Waals surface area contributed by atoms with Crippen molar-refractivity contribution in [3.05, 3.63) is 0 Å². The van der Waals surface area contributed by atoms with E-state index in [1.54, 1.807) is 7.11 Å². The summed E-state index contributed by atoms with van der Waals surface area (Å²) in [5.74, 6) is 0. The first-order chi connectivity index (χ1) is 3.62. The molecule has 0 bridgehead atoms. The second kappa shape index (κ2) is 5.21. The predicted octanol–water partition coefficient (Wildman–Crippen LogP) is -2.31. The minimum Gasteiger partial charge on any atom is -1.00 e. The van der Waals surface area contributed by atoms with Crippen LogP contribution in [0, 0.1) is 0 Å². The minimum absolute atomic E-state index is 0. The highest BCUT2D eigenvalue weighted by molar-refractivity contribution is 4.13. The summed E-state index contributed by atoms with van der Waals surface area (Å²) >= 11 is 0. The maximum Gasteiger partial charge on any atom is 0.182 e. The predicted molar refractivity (Wildman–Crippen MR) is 34.5 cm³/mol.